The number of alkyl halides is 2. The van der Waals surface area contributed by atoms with Crippen molar-refractivity contribution in [1.29, 1.82) is 0 Å². The van der Waals surface area contributed by atoms with Crippen molar-refractivity contribution in [3.8, 4) is 5.75 Å². The highest BCUT2D eigenvalue weighted by Crippen LogP contribution is 2.20. The molecule has 0 saturated carbocycles. The number of halogens is 2. The minimum Gasteiger partial charge on any atom is -0.467 e. The fraction of sp³-hybridized carbons (Fsp3) is 0.333. The number of hydrogen-bond donors (Lipinski definition) is 2. The summed E-state index contributed by atoms with van der Waals surface area (Å²) in [5, 5.41) is 11.1. The lowest BCUT2D eigenvalue weighted by molar-refractivity contribution is -0.143. The fourth-order valence-corrected chi connectivity index (χ4v) is 1.41. The van der Waals surface area contributed by atoms with Crippen LogP contribution in [0.2, 0.25) is 0 Å². The number of amides is 1. The predicted molar refractivity (Wildman–Crippen MR) is 63.4 cm³/mol. The molecule has 0 aliphatic heterocycles. The lowest BCUT2D eigenvalue weighted by atomic mass is 10.1. The number of aliphatic hydroxyl groups excluding tert-OH is 1. The van der Waals surface area contributed by atoms with Crippen molar-refractivity contribution in [1.82, 2.24) is 5.32 Å². The summed E-state index contributed by atoms with van der Waals surface area (Å²) < 4.78 is 33.0. The molecule has 0 radical (unpaired) electrons. The molecule has 0 saturated heterocycles. The molecule has 2 N–H and O–H groups in total. The highest BCUT2D eigenvalue weighted by Gasteiger charge is 2.23. The van der Waals surface area contributed by atoms with Crippen molar-refractivity contribution in [2.24, 2.45) is 0 Å². The Morgan fingerprint density at radius 1 is 1.35 bits per heavy atom. The summed E-state index contributed by atoms with van der Waals surface area (Å²) in [4.78, 5) is 23.1. The number of ether oxygens (including phenoxy) is 2. The molecule has 0 aromatic heterocycles. The number of para-hydroxylation sites is 1. The number of benzene rings is 1. The van der Waals surface area contributed by atoms with Gasteiger partial charge in [0.1, 0.15) is 5.75 Å². The van der Waals surface area contributed by atoms with Crippen molar-refractivity contribution in [3.05, 3.63) is 29.8 Å². The Labute approximate surface area is 113 Å². The quantitative estimate of drug-likeness (QED) is 0.747. The Hall–Kier alpha value is -2.22. The first-order chi connectivity index (χ1) is 9.49. The van der Waals surface area contributed by atoms with E-state index in [9.17, 15) is 18.4 Å². The minimum atomic E-state index is -3.09. The van der Waals surface area contributed by atoms with Crippen molar-refractivity contribution < 1.29 is 33.0 Å². The molecule has 0 fully saturated rings. The smallest absolute Gasteiger partial charge is 0.387 e. The molecule has 6 nitrogen and oxygen atoms in total. The van der Waals surface area contributed by atoms with Crippen LogP contribution >= 0.6 is 0 Å². The molecule has 0 bridgehead atoms. The van der Waals surface area contributed by atoms with E-state index in [1.165, 1.54) is 24.3 Å². The number of carbonyl (C=O) groups is 2. The third-order valence-corrected chi connectivity index (χ3v) is 2.32. The van der Waals surface area contributed by atoms with Crippen molar-refractivity contribution in [3.63, 3.8) is 0 Å². The van der Waals surface area contributed by atoms with Gasteiger partial charge in [0.15, 0.2) is 6.04 Å². The molecule has 110 valence electrons. The molecule has 8 heteroatoms. The molecule has 0 aliphatic carbocycles. The van der Waals surface area contributed by atoms with Crippen LogP contribution in [0.5, 0.6) is 5.75 Å². The molecule has 20 heavy (non-hydrogen) atoms. The average molecular weight is 289 g/mol. The number of rotatable bonds is 6. The van der Waals surface area contributed by atoms with Gasteiger partial charge < -0.3 is 19.9 Å². The molecule has 0 heterocycles. The molecule has 1 rings (SSSR count). The molecule has 1 aromatic carbocycles. The Bertz CT molecular complexity index is 481. The summed E-state index contributed by atoms with van der Waals surface area (Å²) in [5.41, 5.74) is -0.185. The highest BCUT2D eigenvalue weighted by atomic mass is 19.3. The van der Waals surface area contributed by atoms with Gasteiger partial charge in [0, 0.05) is 0 Å². The van der Waals surface area contributed by atoms with E-state index in [0.717, 1.165) is 7.11 Å². The normalized spacial score (nSPS) is 11.8. The van der Waals surface area contributed by atoms with Crippen molar-refractivity contribution >= 4 is 11.9 Å². The molecule has 0 aliphatic rings. The first-order valence-electron chi connectivity index (χ1n) is 5.53. The molecule has 1 unspecified atom stereocenters. The first kappa shape index (κ1) is 15.8. The SMILES string of the molecule is COC(=O)C(CO)NC(=O)c1ccccc1OC(F)F. The standard InChI is InChI=1S/C12H13F2NO5/c1-19-11(18)8(6-16)15-10(17)7-4-2-3-5-9(7)20-12(13)14/h2-5,8,12,16H,6H2,1H3,(H,15,17). The number of esters is 1. The Balaban J connectivity index is 2.89. The average Bonchev–Trinajstić information content (AvgIpc) is 2.43. The summed E-state index contributed by atoms with van der Waals surface area (Å²) in [6.45, 7) is -3.77. The minimum absolute atomic E-state index is 0.185. The second-order valence-corrected chi connectivity index (χ2v) is 3.61. The monoisotopic (exact) mass is 289 g/mol. The lowest BCUT2D eigenvalue weighted by Crippen LogP contribution is -2.44. The van der Waals surface area contributed by atoms with Gasteiger partial charge >= 0.3 is 12.6 Å². The van der Waals surface area contributed by atoms with E-state index >= 15 is 0 Å². The lowest BCUT2D eigenvalue weighted by Gasteiger charge is -2.15. The van der Waals surface area contributed by atoms with Gasteiger partial charge in [-0.15, -0.1) is 0 Å². The molecule has 1 aromatic rings. The predicted octanol–water partition coefficient (Wildman–Crippen LogP) is 0.552. The van der Waals surface area contributed by atoms with Gasteiger partial charge in [-0.25, -0.2) is 4.79 Å². The Morgan fingerprint density at radius 3 is 2.55 bits per heavy atom. The topological polar surface area (TPSA) is 84.9 Å². The van der Waals surface area contributed by atoms with Gasteiger partial charge in [0.05, 0.1) is 19.3 Å². The Morgan fingerprint density at radius 2 is 2.00 bits per heavy atom. The second kappa shape index (κ2) is 7.39. The van der Waals surface area contributed by atoms with E-state index in [4.69, 9.17) is 5.11 Å². The second-order valence-electron chi connectivity index (χ2n) is 3.61. The van der Waals surface area contributed by atoms with E-state index < -0.39 is 31.1 Å². The van der Waals surface area contributed by atoms with Crippen LogP contribution in [0.15, 0.2) is 24.3 Å². The van der Waals surface area contributed by atoms with Crippen LogP contribution in [0.4, 0.5) is 8.78 Å². The highest BCUT2D eigenvalue weighted by molar-refractivity contribution is 5.99. The van der Waals surface area contributed by atoms with Crippen LogP contribution in [-0.4, -0.2) is 43.4 Å². The van der Waals surface area contributed by atoms with E-state index in [-0.39, 0.29) is 11.3 Å². The van der Waals surface area contributed by atoms with Crippen LogP contribution in [0.3, 0.4) is 0 Å². The fourth-order valence-electron chi connectivity index (χ4n) is 1.41. The first-order valence-corrected chi connectivity index (χ1v) is 5.53. The Kier molecular flexibility index (Phi) is 5.85. The summed E-state index contributed by atoms with van der Waals surface area (Å²) in [6, 6.07) is 4.01. The number of hydrogen-bond acceptors (Lipinski definition) is 5. The van der Waals surface area contributed by atoms with Gasteiger partial charge in [0.2, 0.25) is 0 Å². The zero-order valence-electron chi connectivity index (χ0n) is 10.5. The van der Waals surface area contributed by atoms with E-state index in [1.54, 1.807) is 0 Å². The maximum atomic E-state index is 12.2. The number of nitrogens with one attached hydrogen (secondary N) is 1. The zero-order valence-corrected chi connectivity index (χ0v) is 10.5. The zero-order chi connectivity index (χ0) is 15.1. The molecule has 0 spiro atoms. The van der Waals surface area contributed by atoms with E-state index in [0.29, 0.717) is 0 Å². The van der Waals surface area contributed by atoms with Gasteiger partial charge in [-0.2, -0.15) is 8.78 Å². The van der Waals surface area contributed by atoms with E-state index in [2.05, 4.69) is 14.8 Å². The summed E-state index contributed by atoms with van der Waals surface area (Å²) in [7, 11) is 1.09. The van der Waals surface area contributed by atoms with Crippen molar-refractivity contribution in [2.75, 3.05) is 13.7 Å². The number of methoxy groups -OCH3 is 1. The van der Waals surface area contributed by atoms with Gasteiger partial charge in [0.25, 0.3) is 5.91 Å². The molecular weight excluding hydrogens is 276 g/mol. The summed E-state index contributed by atoms with van der Waals surface area (Å²) in [6.07, 6.45) is 0. The third-order valence-electron chi connectivity index (χ3n) is 2.32. The summed E-state index contributed by atoms with van der Waals surface area (Å²) in [5.74, 6) is -2.03. The van der Waals surface area contributed by atoms with Crippen LogP contribution in [0.1, 0.15) is 10.4 Å². The van der Waals surface area contributed by atoms with Gasteiger partial charge in [-0.1, -0.05) is 12.1 Å². The van der Waals surface area contributed by atoms with Crippen LogP contribution in [0.25, 0.3) is 0 Å². The maximum Gasteiger partial charge on any atom is 0.387 e. The third kappa shape index (κ3) is 4.16. The van der Waals surface area contributed by atoms with Gasteiger partial charge in [-0.05, 0) is 12.1 Å². The molecule has 1 amide bonds. The number of aliphatic hydroxyl groups is 1. The maximum absolute atomic E-state index is 12.2. The van der Waals surface area contributed by atoms with Crippen LogP contribution in [-0.2, 0) is 9.53 Å². The van der Waals surface area contributed by atoms with Gasteiger partial charge in [-0.3, -0.25) is 4.79 Å². The largest absolute Gasteiger partial charge is 0.467 e. The molecule has 1 atom stereocenters. The number of carbonyl (C=O) groups excluding carboxylic acids is 2. The van der Waals surface area contributed by atoms with Crippen molar-refractivity contribution in [2.45, 2.75) is 12.7 Å². The van der Waals surface area contributed by atoms with Crippen LogP contribution in [0, 0.1) is 0 Å². The van der Waals surface area contributed by atoms with Crippen LogP contribution < -0.4 is 10.1 Å². The summed E-state index contributed by atoms with van der Waals surface area (Å²) >= 11 is 0. The van der Waals surface area contributed by atoms with E-state index in [1.807, 2.05) is 0 Å². The molecular formula is C12H13F2NO5.